The molecule has 0 aliphatic rings. The van der Waals surface area contributed by atoms with Gasteiger partial charge >= 0.3 is 61.0 Å². The van der Waals surface area contributed by atoms with Gasteiger partial charge in [0, 0.05) is 0 Å². The fraction of sp³-hybridized carbons (Fsp3) is 1.00. The fourth-order valence-corrected chi connectivity index (χ4v) is 2.62. The second-order valence-electron chi connectivity index (χ2n) is 2.17. The van der Waals surface area contributed by atoms with Crippen molar-refractivity contribution in [1.82, 2.24) is 0 Å². The molecule has 0 unspecified atom stereocenters. The van der Waals surface area contributed by atoms with Gasteiger partial charge in [-0.1, -0.05) is 0 Å². The van der Waals surface area contributed by atoms with E-state index in [4.69, 9.17) is 19.6 Å². The molecule has 0 aromatic carbocycles. The van der Waals surface area contributed by atoms with Gasteiger partial charge in [0.05, 0.1) is 0 Å². The molecule has 0 aromatic heterocycles. The van der Waals surface area contributed by atoms with Crippen LogP contribution < -0.4 is 0 Å². The molecule has 0 fully saturated rings. The van der Waals surface area contributed by atoms with Crippen molar-refractivity contribution in [2.75, 3.05) is 6.16 Å². The zero-order chi connectivity index (χ0) is 8.20. The summed E-state index contributed by atoms with van der Waals surface area (Å²) in [5.74, 6) is 0. The van der Waals surface area contributed by atoms with Crippen LogP contribution >= 0.6 is 15.5 Å². The van der Waals surface area contributed by atoms with Crippen LogP contribution in [-0.2, 0) is 0 Å². The van der Waals surface area contributed by atoms with Crippen molar-refractivity contribution < 1.29 is 19.6 Å². The molecule has 4 nitrogen and oxygen atoms in total. The quantitative estimate of drug-likeness (QED) is 0.486. The van der Waals surface area contributed by atoms with Gasteiger partial charge in [0.25, 0.3) is 0 Å². The predicted molar refractivity (Wildman–Crippen MR) is 43.9 cm³/mol. The van der Waals surface area contributed by atoms with Gasteiger partial charge in [-0.2, -0.15) is 0 Å². The summed E-state index contributed by atoms with van der Waals surface area (Å²) < 4.78 is 0. The summed E-state index contributed by atoms with van der Waals surface area (Å²) in [4.78, 5) is 34.9. The van der Waals surface area contributed by atoms with Crippen LogP contribution in [0.4, 0.5) is 0 Å². The summed E-state index contributed by atoms with van der Waals surface area (Å²) in [5.41, 5.74) is 0. The molecule has 0 aliphatic heterocycles. The third-order valence-electron chi connectivity index (χ3n) is 1.19. The van der Waals surface area contributed by atoms with Crippen molar-refractivity contribution in [2.24, 2.45) is 0 Å². The molecule has 0 heterocycles. The Morgan fingerprint density at radius 1 is 1.30 bits per heavy atom. The van der Waals surface area contributed by atoms with Crippen molar-refractivity contribution in [3.63, 3.8) is 0 Å². The number of hydrogen-bond donors (Lipinski definition) is 4. The maximum absolute atomic E-state index is 8.95. The predicted octanol–water partition coefficient (Wildman–Crippen LogP) is 0.562. The minimum atomic E-state index is -3.63. The van der Waals surface area contributed by atoms with Crippen LogP contribution in [0, 0.1) is 0 Å². The number of hydrogen-bond acceptors (Lipinski definition) is 4. The molecule has 0 rings (SSSR count). The molecule has 6 heteroatoms. The standard InChI is InChI=1S/C4H14O4P2/c1-2-3-4-10(7,8)9(5)6/h5-8,10H,2-4H2,1H3. The first kappa shape index (κ1) is 10.7. The fourth-order valence-electron chi connectivity index (χ4n) is 0.514. The second kappa shape index (κ2) is 4.55. The zero-order valence-electron chi connectivity index (χ0n) is 5.86. The van der Waals surface area contributed by atoms with Gasteiger partial charge in [0.1, 0.15) is 0 Å². The van der Waals surface area contributed by atoms with Gasteiger partial charge in [-0.05, 0) is 0 Å². The average molecular weight is 188 g/mol. The van der Waals surface area contributed by atoms with E-state index in [1.54, 1.807) is 0 Å². The molecule has 0 saturated heterocycles. The molecule has 0 radical (unpaired) electrons. The minimum absolute atomic E-state index is 0.155. The van der Waals surface area contributed by atoms with E-state index in [9.17, 15) is 0 Å². The van der Waals surface area contributed by atoms with Gasteiger partial charge in [-0.3, -0.25) is 0 Å². The average Bonchev–Trinajstić information content (AvgIpc) is 1.84. The van der Waals surface area contributed by atoms with Crippen LogP contribution in [0.2, 0.25) is 0 Å². The maximum atomic E-state index is 8.95. The summed E-state index contributed by atoms with van der Waals surface area (Å²) in [6, 6.07) is 0. The topological polar surface area (TPSA) is 80.9 Å². The van der Waals surface area contributed by atoms with Crippen molar-refractivity contribution in [1.29, 1.82) is 0 Å². The molecule has 0 spiro atoms. The second-order valence-corrected chi connectivity index (χ2v) is 8.14. The van der Waals surface area contributed by atoms with Crippen LogP contribution in [0.25, 0.3) is 0 Å². The van der Waals surface area contributed by atoms with Gasteiger partial charge in [0.2, 0.25) is 0 Å². The van der Waals surface area contributed by atoms with Crippen molar-refractivity contribution in [3.8, 4) is 0 Å². The Bertz CT molecular complexity index is 95.3. The summed E-state index contributed by atoms with van der Waals surface area (Å²) in [7, 11) is -6.13. The first-order valence-corrected chi connectivity index (χ1v) is 7.32. The Hall–Kier alpha value is 0.700. The molecule has 0 atom stereocenters. The Morgan fingerprint density at radius 3 is 2.10 bits per heavy atom. The van der Waals surface area contributed by atoms with Crippen LogP contribution in [0.1, 0.15) is 19.8 Å². The molecular formula is C4H14O4P2. The van der Waals surface area contributed by atoms with E-state index >= 15 is 0 Å². The molecule has 10 heavy (non-hydrogen) atoms. The Morgan fingerprint density at radius 2 is 1.80 bits per heavy atom. The van der Waals surface area contributed by atoms with Gasteiger partial charge < -0.3 is 0 Å². The van der Waals surface area contributed by atoms with Gasteiger partial charge in [0.15, 0.2) is 0 Å². The molecule has 0 aliphatic carbocycles. The van der Waals surface area contributed by atoms with Crippen molar-refractivity contribution in [3.05, 3.63) is 0 Å². The molecule has 0 aromatic rings. The van der Waals surface area contributed by atoms with E-state index < -0.39 is 15.5 Å². The summed E-state index contributed by atoms with van der Waals surface area (Å²) in [6.45, 7) is 1.90. The van der Waals surface area contributed by atoms with Crippen LogP contribution in [0.3, 0.4) is 0 Å². The van der Waals surface area contributed by atoms with E-state index in [1.807, 2.05) is 6.92 Å². The Kier molecular flexibility index (Phi) is 4.87. The normalized spacial score (nSPS) is 14.2. The molecule has 0 bridgehead atoms. The van der Waals surface area contributed by atoms with E-state index in [1.165, 1.54) is 0 Å². The van der Waals surface area contributed by atoms with E-state index in [2.05, 4.69) is 0 Å². The van der Waals surface area contributed by atoms with Gasteiger partial charge in [-0.15, -0.1) is 0 Å². The third kappa shape index (κ3) is 3.77. The van der Waals surface area contributed by atoms with Gasteiger partial charge in [-0.25, -0.2) is 0 Å². The molecule has 4 N–H and O–H groups in total. The summed E-state index contributed by atoms with van der Waals surface area (Å²) >= 11 is 0. The SMILES string of the molecule is CCCC[PH](O)(O)P(O)O. The van der Waals surface area contributed by atoms with Crippen LogP contribution in [0.5, 0.6) is 0 Å². The summed E-state index contributed by atoms with van der Waals surface area (Å²) in [5, 5.41) is 0. The van der Waals surface area contributed by atoms with E-state index in [-0.39, 0.29) is 6.16 Å². The Labute approximate surface area is 61.8 Å². The molecule has 0 saturated carbocycles. The number of rotatable bonds is 4. The van der Waals surface area contributed by atoms with Crippen molar-refractivity contribution >= 4 is 15.5 Å². The molecule has 64 valence electrons. The summed E-state index contributed by atoms with van der Waals surface area (Å²) in [6.07, 6.45) is 1.63. The zero-order valence-corrected chi connectivity index (χ0v) is 7.75. The van der Waals surface area contributed by atoms with Crippen molar-refractivity contribution in [2.45, 2.75) is 19.8 Å². The Balaban J connectivity index is 3.63. The first-order chi connectivity index (χ1) is 4.50. The number of unbranched alkanes of at least 4 members (excludes halogenated alkanes) is 1. The van der Waals surface area contributed by atoms with E-state index in [0.717, 1.165) is 6.42 Å². The monoisotopic (exact) mass is 188 g/mol. The molecule has 0 amide bonds. The van der Waals surface area contributed by atoms with Crippen LogP contribution in [0.15, 0.2) is 0 Å². The molecular weight excluding hydrogens is 174 g/mol. The van der Waals surface area contributed by atoms with E-state index in [0.29, 0.717) is 6.42 Å². The van der Waals surface area contributed by atoms with Crippen LogP contribution in [-0.4, -0.2) is 25.7 Å². The first-order valence-electron chi connectivity index (χ1n) is 3.13. The third-order valence-corrected chi connectivity index (χ3v) is 5.44.